The minimum absolute atomic E-state index is 0.415. The first-order valence-electron chi connectivity index (χ1n) is 5.52. The summed E-state index contributed by atoms with van der Waals surface area (Å²) in [5.41, 5.74) is 0.216. The Morgan fingerprint density at radius 3 is 2.65 bits per heavy atom. The van der Waals surface area contributed by atoms with Gasteiger partial charge >= 0.3 is 5.97 Å². The molecule has 0 radical (unpaired) electrons. The highest BCUT2D eigenvalue weighted by Crippen LogP contribution is 2.42. The SMILES string of the molecule is Cc1cnccc1NC(=O)C1(C(=O)O)CCC1. The maximum atomic E-state index is 12.0. The van der Waals surface area contributed by atoms with E-state index in [4.69, 9.17) is 5.11 Å². The molecule has 1 amide bonds. The van der Waals surface area contributed by atoms with Crippen LogP contribution in [0.15, 0.2) is 18.5 Å². The first-order valence-corrected chi connectivity index (χ1v) is 5.52. The number of rotatable bonds is 3. The van der Waals surface area contributed by atoms with E-state index >= 15 is 0 Å². The fourth-order valence-corrected chi connectivity index (χ4v) is 1.92. The average molecular weight is 234 g/mol. The summed E-state index contributed by atoms with van der Waals surface area (Å²) in [6.07, 6.45) is 4.81. The van der Waals surface area contributed by atoms with Gasteiger partial charge in [-0.2, -0.15) is 0 Å². The van der Waals surface area contributed by atoms with Gasteiger partial charge in [0.05, 0.1) is 0 Å². The van der Waals surface area contributed by atoms with Crippen molar-refractivity contribution in [2.75, 3.05) is 5.32 Å². The number of aryl methyl sites for hydroxylation is 1. The molecular weight excluding hydrogens is 220 g/mol. The quantitative estimate of drug-likeness (QED) is 0.778. The van der Waals surface area contributed by atoms with E-state index in [0.717, 1.165) is 12.0 Å². The van der Waals surface area contributed by atoms with Gasteiger partial charge in [0, 0.05) is 18.1 Å². The van der Waals surface area contributed by atoms with Crippen molar-refractivity contribution >= 4 is 17.6 Å². The smallest absolute Gasteiger partial charge is 0.319 e. The van der Waals surface area contributed by atoms with Crippen molar-refractivity contribution in [2.45, 2.75) is 26.2 Å². The van der Waals surface area contributed by atoms with E-state index in [1.807, 2.05) is 6.92 Å². The predicted octanol–water partition coefficient (Wildman–Crippen LogP) is 1.58. The molecule has 0 atom stereocenters. The summed E-state index contributed by atoms with van der Waals surface area (Å²) in [5, 5.41) is 11.8. The Labute approximate surface area is 98.9 Å². The first kappa shape index (κ1) is 11.6. The lowest BCUT2D eigenvalue weighted by Gasteiger charge is -2.35. The zero-order valence-corrected chi connectivity index (χ0v) is 9.56. The molecule has 0 unspecified atom stereocenters. The van der Waals surface area contributed by atoms with Gasteiger partial charge in [-0.05, 0) is 31.4 Å². The van der Waals surface area contributed by atoms with Crippen molar-refractivity contribution in [1.29, 1.82) is 0 Å². The summed E-state index contributed by atoms with van der Waals surface area (Å²) in [5.74, 6) is -1.46. The van der Waals surface area contributed by atoms with Crippen molar-refractivity contribution in [1.82, 2.24) is 4.98 Å². The predicted molar refractivity (Wildman–Crippen MR) is 61.5 cm³/mol. The zero-order valence-electron chi connectivity index (χ0n) is 9.56. The van der Waals surface area contributed by atoms with Crippen LogP contribution in [0.1, 0.15) is 24.8 Å². The summed E-state index contributed by atoms with van der Waals surface area (Å²) in [4.78, 5) is 27.1. The Balaban J connectivity index is 2.17. The van der Waals surface area contributed by atoms with E-state index in [1.165, 1.54) is 0 Å². The van der Waals surface area contributed by atoms with Crippen LogP contribution in [0.2, 0.25) is 0 Å². The van der Waals surface area contributed by atoms with Crippen LogP contribution >= 0.6 is 0 Å². The highest BCUT2D eigenvalue weighted by Gasteiger charge is 2.51. The third-order valence-electron chi connectivity index (χ3n) is 3.32. The largest absolute Gasteiger partial charge is 0.480 e. The number of nitrogens with zero attached hydrogens (tertiary/aromatic N) is 1. The zero-order chi connectivity index (χ0) is 12.5. The number of hydrogen-bond donors (Lipinski definition) is 2. The molecule has 1 heterocycles. The third kappa shape index (κ3) is 1.88. The van der Waals surface area contributed by atoms with Gasteiger partial charge in [0.15, 0.2) is 0 Å². The number of hydrogen-bond acceptors (Lipinski definition) is 3. The van der Waals surface area contributed by atoms with Crippen molar-refractivity contribution in [3.05, 3.63) is 24.0 Å². The molecule has 1 saturated carbocycles. The topological polar surface area (TPSA) is 79.3 Å². The lowest BCUT2D eigenvalue weighted by Crippen LogP contribution is -2.48. The third-order valence-corrected chi connectivity index (χ3v) is 3.32. The van der Waals surface area contributed by atoms with Crippen LogP contribution in [-0.4, -0.2) is 22.0 Å². The van der Waals surface area contributed by atoms with Gasteiger partial charge in [-0.1, -0.05) is 6.42 Å². The summed E-state index contributed by atoms with van der Waals surface area (Å²) in [6.45, 7) is 1.82. The average Bonchev–Trinajstić information content (AvgIpc) is 2.19. The fraction of sp³-hybridized carbons (Fsp3) is 0.417. The minimum atomic E-state index is -1.23. The molecule has 90 valence electrons. The second-order valence-electron chi connectivity index (χ2n) is 4.39. The fourth-order valence-electron chi connectivity index (χ4n) is 1.92. The van der Waals surface area contributed by atoms with Gasteiger partial charge in [0.1, 0.15) is 5.41 Å². The van der Waals surface area contributed by atoms with E-state index in [0.29, 0.717) is 18.5 Å². The highest BCUT2D eigenvalue weighted by atomic mass is 16.4. The molecule has 1 fully saturated rings. The molecule has 1 aromatic rings. The Kier molecular flexibility index (Phi) is 2.83. The summed E-state index contributed by atoms with van der Waals surface area (Å²) >= 11 is 0. The molecule has 5 nitrogen and oxygen atoms in total. The second kappa shape index (κ2) is 4.16. The number of aliphatic carboxylic acids is 1. The van der Waals surface area contributed by atoms with Gasteiger partial charge in [-0.3, -0.25) is 14.6 Å². The van der Waals surface area contributed by atoms with E-state index in [-0.39, 0.29) is 0 Å². The Bertz CT molecular complexity index is 467. The van der Waals surface area contributed by atoms with E-state index < -0.39 is 17.3 Å². The maximum Gasteiger partial charge on any atom is 0.319 e. The van der Waals surface area contributed by atoms with Crippen molar-refractivity contribution in [3.63, 3.8) is 0 Å². The van der Waals surface area contributed by atoms with Gasteiger partial charge in [0.25, 0.3) is 0 Å². The number of aromatic nitrogens is 1. The van der Waals surface area contributed by atoms with E-state index in [2.05, 4.69) is 10.3 Å². The molecule has 17 heavy (non-hydrogen) atoms. The minimum Gasteiger partial charge on any atom is -0.480 e. The molecule has 1 aromatic heterocycles. The lowest BCUT2D eigenvalue weighted by atomic mass is 9.68. The van der Waals surface area contributed by atoms with Gasteiger partial charge < -0.3 is 10.4 Å². The highest BCUT2D eigenvalue weighted by molar-refractivity contribution is 6.09. The standard InChI is InChI=1S/C12H14N2O3/c1-8-7-13-6-3-9(8)14-10(15)12(11(16)17)4-2-5-12/h3,6-7H,2,4-5H2,1H3,(H,16,17)(H,13,14,15). The summed E-state index contributed by atoms with van der Waals surface area (Å²) < 4.78 is 0. The van der Waals surface area contributed by atoms with Crippen LogP contribution < -0.4 is 5.32 Å². The summed E-state index contributed by atoms with van der Waals surface area (Å²) in [7, 11) is 0. The van der Waals surface area contributed by atoms with Gasteiger partial charge in [-0.15, -0.1) is 0 Å². The first-order chi connectivity index (χ1) is 8.06. The van der Waals surface area contributed by atoms with E-state index in [9.17, 15) is 9.59 Å². The van der Waals surface area contributed by atoms with Crippen molar-refractivity contribution < 1.29 is 14.7 Å². The molecule has 1 aliphatic carbocycles. The van der Waals surface area contributed by atoms with Crippen LogP contribution in [0.5, 0.6) is 0 Å². The van der Waals surface area contributed by atoms with Crippen molar-refractivity contribution in [2.24, 2.45) is 5.41 Å². The second-order valence-corrected chi connectivity index (χ2v) is 4.39. The molecule has 0 saturated heterocycles. The summed E-state index contributed by atoms with van der Waals surface area (Å²) in [6, 6.07) is 1.67. The number of nitrogens with one attached hydrogen (secondary N) is 1. The van der Waals surface area contributed by atoms with E-state index in [1.54, 1.807) is 18.5 Å². The van der Waals surface area contributed by atoms with Crippen LogP contribution in [0, 0.1) is 12.3 Å². The van der Waals surface area contributed by atoms with Crippen LogP contribution in [-0.2, 0) is 9.59 Å². The van der Waals surface area contributed by atoms with Gasteiger partial charge in [0.2, 0.25) is 5.91 Å². The monoisotopic (exact) mass is 234 g/mol. The molecule has 0 spiro atoms. The van der Waals surface area contributed by atoms with Crippen LogP contribution in [0.25, 0.3) is 0 Å². The molecule has 2 rings (SSSR count). The number of pyridine rings is 1. The Morgan fingerprint density at radius 1 is 1.47 bits per heavy atom. The molecule has 0 bridgehead atoms. The number of carboxylic acids is 1. The number of carbonyl (C=O) groups excluding carboxylic acids is 1. The lowest BCUT2D eigenvalue weighted by molar-refractivity contribution is -0.159. The van der Waals surface area contributed by atoms with Gasteiger partial charge in [-0.25, -0.2) is 0 Å². The Hall–Kier alpha value is -1.91. The number of anilines is 1. The molecule has 2 N–H and O–H groups in total. The number of carbonyl (C=O) groups is 2. The van der Waals surface area contributed by atoms with Crippen LogP contribution in [0.4, 0.5) is 5.69 Å². The molecule has 0 aliphatic heterocycles. The molecule has 5 heteroatoms. The maximum absolute atomic E-state index is 12.0. The van der Waals surface area contributed by atoms with Crippen molar-refractivity contribution in [3.8, 4) is 0 Å². The molecular formula is C12H14N2O3. The number of amides is 1. The number of carboxylic acid groups (broad SMARTS) is 1. The molecule has 1 aliphatic rings. The Morgan fingerprint density at radius 2 is 2.18 bits per heavy atom. The van der Waals surface area contributed by atoms with Crippen LogP contribution in [0.3, 0.4) is 0 Å². The molecule has 0 aromatic carbocycles. The normalized spacial score (nSPS) is 17.0.